The van der Waals surface area contributed by atoms with Crippen LogP contribution in [0.15, 0.2) is 90.0 Å². The standard InChI is InChI=1S/C23H21N5O2/c1-26(15-19-14-24-27(17-19)20-10-6-3-7-11-20)23(30)21-12-13-22(29)28(25-21)16-18-8-4-2-5-9-18/h2-14,17H,15-16H2,1H3. The fourth-order valence-corrected chi connectivity index (χ4v) is 3.14. The minimum Gasteiger partial charge on any atom is -0.336 e. The Hall–Kier alpha value is -4.00. The molecular formula is C23H21N5O2. The summed E-state index contributed by atoms with van der Waals surface area (Å²) in [4.78, 5) is 26.6. The summed E-state index contributed by atoms with van der Waals surface area (Å²) in [6.07, 6.45) is 3.63. The molecule has 2 aromatic carbocycles. The molecule has 2 heterocycles. The van der Waals surface area contributed by atoms with E-state index in [1.807, 2.05) is 66.9 Å². The van der Waals surface area contributed by atoms with Crippen LogP contribution in [0.3, 0.4) is 0 Å². The van der Waals surface area contributed by atoms with Gasteiger partial charge in [0.25, 0.3) is 11.5 Å². The normalized spacial score (nSPS) is 10.7. The summed E-state index contributed by atoms with van der Waals surface area (Å²) in [5.74, 6) is -0.260. The molecule has 0 aliphatic heterocycles. The Balaban J connectivity index is 1.48. The number of amides is 1. The highest BCUT2D eigenvalue weighted by Crippen LogP contribution is 2.10. The van der Waals surface area contributed by atoms with E-state index in [2.05, 4.69) is 10.2 Å². The molecule has 0 radical (unpaired) electrons. The molecule has 150 valence electrons. The molecule has 2 aromatic heterocycles. The van der Waals surface area contributed by atoms with Crippen molar-refractivity contribution < 1.29 is 4.79 Å². The van der Waals surface area contributed by atoms with E-state index in [1.54, 1.807) is 22.8 Å². The van der Waals surface area contributed by atoms with E-state index in [4.69, 9.17) is 0 Å². The molecular weight excluding hydrogens is 378 g/mol. The molecule has 0 fully saturated rings. The van der Waals surface area contributed by atoms with Crippen LogP contribution in [-0.2, 0) is 13.1 Å². The van der Waals surface area contributed by atoms with Gasteiger partial charge in [-0.15, -0.1) is 0 Å². The van der Waals surface area contributed by atoms with Crippen LogP contribution in [0.25, 0.3) is 5.69 Å². The number of aromatic nitrogens is 4. The molecule has 0 unspecified atom stereocenters. The summed E-state index contributed by atoms with van der Waals surface area (Å²) in [5.41, 5.74) is 2.77. The summed E-state index contributed by atoms with van der Waals surface area (Å²) >= 11 is 0. The lowest BCUT2D eigenvalue weighted by molar-refractivity contribution is 0.0776. The number of para-hydroxylation sites is 1. The van der Waals surface area contributed by atoms with Crippen molar-refractivity contribution in [3.8, 4) is 5.69 Å². The molecule has 0 aliphatic rings. The topological polar surface area (TPSA) is 73.0 Å². The highest BCUT2D eigenvalue weighted by Gasteiger charge is 2.16. The van der Waals surface area contributed by atoms with Gasteiger partial charge >= 0.3 is 0 Å². The first-order valence-electron chi connectivity index (χ1n) is 9.57. The second-order valence-electron chi connectivity index (χ2n) is 6.99. The van der Waals surface area contributed by atoms with Gasteiger partial charge in [-0.2, -0.15) is 10.2 Å². The number of hydrogen-bond donors (Lipinski definition) is 0. The third-order valence-corrected chi connectivity index (χ3v) is 4.68. The molecule has 7 heteroatoms. The zero-order valence-corrected chi connectivity index (χ0v) is 16.5. The van der Waals surface area contributed by atoms with Gasteiger partial charge in [-0.25, -0.2) is 9.36 Å². The molecule has 0 saturated heterocycles. The lowest BCUT2D eigenvalue weighted by atomic mass is 10.2. The Morgan fingerprint density at radius 1 is 0.933 bits per heavy atom. The fourth-order valence-electron chi connectivity index (χ4n) is 3.14. The second kappa shape index (κ2) is 8.57. The molecule has 4 rings (SSSR count). The van der Waals surface area contributed by atoms with Crippen LogP contribution in [0.4, 0.5) is 0 Å². The molecule has 4 aromatic rings. The predicted molar refractivity (Wildman–Crippen MR) is 113 cm³/mol. The van der Waals surface area contributed by atoms with Gasteiger partial charge < -0.3 is 4.90 Å². The van der Waals surface area contributed by atoms with Crippen LogP contribution in [0.1, 0.15) is 21.6 Å². The van der Waals surface area contributed by atoms with Crippen molar-refractivity contribution in [2.45, 2.75) is 13.1 Å². The SMILES string of the molecule is CN(Cc1cnn(-c2ccccc2)c1)C(=O)c1ccc(=O)n(Cc2ccccc2)n1. The van der Waals surface area contributed by atoms with E-state index in [-0.39, 0.29) is 17.2 Å². The van der Waals surface area contributed by atoms with Gasteiger partial charge in [0, 0.05) is 31.4 Å². The predicted octanol–water partition coefficient (Wildman–Crippen LogP) is 2.75. The summed E-state index contributed by atoms with van der Waals surface area (Å²) < 4.78 is 3.08. The van der Waals surface area contributed by atoms with E-state index in [1.165, 1.54) is 16.8 Å². The van der Waals surface area contributed by atoms with Crippen molar-refractivity contribution in [2.24, 2.45) is 0 Å². The average molecular weight is 399 g/mol. The lowest BCUT2D eigenvalue weighted by Crippen LogP contribution is -2.31. The number of nitrogens with zero attached hydrogens (tertiary/aromatic N) is 5. The van der Waals surface area contributed by atoms with Crippen molar-refractivity contribution in [1.29, 1.82) is 0 Å². The monoisotopic (exact) mass is 399 g/mol. The van der Waals surface area contributed by atoms with Crippen LogP contribution >= 0.6 is 0 Å². The maximum absolute atomic E-state index is 12.9. The molecule has 0 aliphatic carbocycles. The largest absolute Gasteiger partial charge is 0.336 e. The van der Waals surface area contributed by atoms with Crippen molar-refractivity contribution in [3.05, 3.63) is 112 Å². The molecule has 7 nitrogen and oxygen atoms in total. The van der Waals surface area contributed by atoms with Crippen LogP contribution in [0.5, 0.6) is 0 Å². The first-order valence-corrected chi connectivity index (χ1v) is 9.57. The maximum atomic E-state index is 12.9. The number of rotatable bonds is 6. The number of carbonyl (C=O) groups is 1. The zero-order valence-electron chi connectivity index (χ0n) is 16.5. The number of benzene rings is 2. The van der Waals surface area contributed by atoms with E-state index in [0.29, 0.717) is 13.1 Å². The second-order valence-corrected chi connectivity index (χ2v) is 6.99. The first-order chi connectivity index (χ1) is 14.6. The third-order valence-electron chi connectivity index (χ3n) is 4.68. The quantitative estimate of drug-likeness (QED) is 0.500. The lowest BCUT2D eigenvalue weighted by Gasteiger charge is -2.16. The van der Waals surface area contributed by atoms with E-state index < -0.39 is 0 Å². The van der Waals surface area contributed by atoms with Gasteiger partial charge in [0.05, 0.1) is 18.4 Å². The van der Waals surface area contributed by atoms with Crippen LogP contribution in [0.2, 0.25) is 0 Å². The summed E-state index contributed by atoms with van der Waals surface area (Å²) in [5, 5.41) is 8.64. The highest BCUT2D eigenvalue weighted by atomic mass is 16.2. The minimum absolute atomic E-state index is 0.225. The van der Waals surface area contributed by atoms with E-state index in [0.717, 1.165) is 16.8 Å². The average Bonchev–Trinajstić information content (AvgIpc) is 3.24. The van der Waals surface area contributed by atoms with Crippen molar-refractivity contribution >= 4 is 5.91 Å². The first kappa shape index (κ1) is 19.3. The molecule has 30 heavy (non-hydrogen) atoms. The smallest absolute Gasteiger partial charge is 0.274 e. The number of carbonyl (C=O) groups excluding carboxylic acids is 1. The van der Waals surface area contributed by atoms with Crippen molar-refractivity contribution in [1.82, 2.24) is 24.5 Å². The minimum atomic E-state index is -0.260. The highest BCUT2D eigenvalue weighted by molar-refractivity contribution is 5.91. The Kier molecular flexibility index (Phi) is 5.52. The van der Waals surface area contributed by atoms with Gasteiger partial charge in [-0.1, -0.05) is 48.5 Å². The Morgan fingerprint density at radius 2 is 1.63 bits per heavy atom. The molecule has 0 spiro atoms. The van der Waals surface area contributed by atoms with Crippen molar-refractivity contribution in [2.75, 3.05) is 7.05 Å². The van der Waals surface area contributed by atoms with E-state index >= 15 is 0 Å². The molecule has 0 N–H and O–H groups in total. The third kappa shape index (κ3) is 4.35. The van der Waals surface area contributed by atoms with Crippen LogP contribution < -0.4 is 5.56 Å². The van der Waals surface area contributed by atoms with Gasteiger partial charge in [0.2, 0.25) is 0 Å². The van der Waals surface area contributed by atoms with Crippen LogP contribution in [0, 0.1) is 0 Å². The summed E-state index contributed by atoms with van der Waals surface area (Å²) in [6.45, 7) is 0.694. The zero-order chi connectivity index (χ0) is 20.9. The van der Waals surface area contributed by atoms with Gasteiger partial charge in [-0.05, 0) is 23.8 Å². The fraction of sp³-hybridized carbons (Fsp3) is 0.130. The van der Waals surface area contributed by atoms with Crippen molar-refractivity contribution in [3.63, 3.8) is 0 Å². The molecule has 0 saturated carbocycles. The van der Waals surface area contributed by atoms with Gasteiger partial charge in [0.1, 0.15) is 5.69 Å². The maximum Gasteiger partial charge on any atom is 0.274 e. The number of hydrogen-bond acceptors (Lipinski definition) is 4. The molecule has 0 atom stereocenters. The Labute approximate surface area is 173 Å². The van der Waals surface area contributed by atoms with Gasteiger partial charge in [0.15, 0.2) is 0 Å². The summed E-state index contributed by atoms with van der Waals surface area (Å²) in [7, 11) is 1.70. The van der Waals surface area contributed by atoms with Gasteiger partial charge in [-0.3, -0.25) is 9.59 Å². The Morgan fingerprint density at radius 3 is 2.37 bits per heavy atom. The summed E-state index contributed by atoms with van der Waals surface area (Å²) in [6, 6.07) is 22.2. The molecule has 0 bridgehead atoms. The van der Waals surface area contributed by atoms with Crippen LogP contribution in [-0.4, -0.2) is 37.4 Å². The molecule has 1 amide bonds. The Bertz CT molecular complexity index is 1200. The van der Waals surface area contributed by atoms with E-state index in [9.17, 15) is 9.59 Å².